The number of nitrogens with zero attached hydrogens (tertiary/aromatic N) is 1. The summed E-state index contributed by atoms with van der Waals surface area (Å²) in [7, 11) is 1.58. The van der Waals surface area contributed by atoms with Crippen LogP contribution in [0.4, 0.5) is 5.69 Å². The van der Waals surface area contributed by atoms with Crippen molar-refractivity contribution in [1.82, 2.24) is 10.3 Å². The Morgan fingerprint density at radius 2 is 1.61 bits per heavy atom. The number of carbonyl (C=O) groups excluding carboxylic acids is 3. The van der Waals surface area contributed by atoms with Gasteiger partial charge in [0.1, 0.15) is 17.6 Å². The van der Waals surface area contributed by atoms with Crippen molar-refractivity contribution >= 4 is 23.5 Å². The summed E-state index contributed by atoms with van der Waals surface area (Å²) in [6, 6.07) is 13.7. The number of imide groups is 1. The van der Waals surface area contributed by atoms with Gasteiger partial charge in [-0.05, 0) is 42.5 Å². The molecule has 2 aromatic rings. The summed E-state index contributed by atoms with van der Waals surface area (Å²) in [5.41, 5.74) is 7.33. The fraction of sp³-hybridized carbons (Fsp3) is 0.150. The molecule has 2 heterocycles. The highest BCUT2D eigenvalue weighted by atomic mass is 16.5. The minimum absolute atomic E-state index is 0.0359. The van der Waals surface area contributed by atoms with E-state index in [-0.39, 0.29) is 24.1 Å². The van der Waals surface area contributed by atoms with Crippen LogP contribution in [0.25, 0.3) is 0 Å². The third-order valence-electron chi connectivity index (χ3n) is 4.50. The number of rotatable bonds is 6. The summed E-state index contributed by atoms with van der Waals surface area (Å²) in [5, 5.41) is 0. The van der Waals surface area contributed by atoms with Gasteiger partial charge in [-0.3, -0.25) is 19.9 Å². The van der Waals surface area contributed by atoms with Gasteiger partial charge in [0.05, 0.1) is 30.5 Å². The average molecular weight is 379 g/mol. The first-order valence-electron chi connectivity index (χ1n) is 8.61. The molecular formula is C20H17N3O5. The van der Waals surface area contributed by atoms with E-state index in [0.717, 1.165) is 10.6 Å². The Morgan fingerprint density at radius 1 is 0.964 bits per heavy atom. The number of hydrazine groups is 1. The fourth-order valence-electron chi connectivity index (χ4n) is 3.07. The van der Waals surface area contributed by atoms with Gasteiger partial charge >= 0.3 is 5.97 Å². The molecule has 8 heteroatoms. The highest BCUT2D eigenvalue weighted by Gasteiger charge is 2.38. The number of carbonyl (C=O) groups is 3. The number of amides is 2. The molecule has 142 valence electrons. The first kappa shape index (κ1) is 17.6. The maximum Gasteiger partial charge on any atom is 0.356 e. The Bertz CT molecular complexity index is 949. The highest BCUT2D eigenvalue weighted by molar-refractivity contribution is 6.21. The quantitative estimate of drug-likeness (QED) is 0.448. The monoisotopic (exact) mass is 379 g/mol. The standard InChI is InChI=1S/C20H17N3O5/c1-27-13-8-6-12(7-9-13)21-22-17-10-14(28-20(17)26)11-23-18(24)15-4-2-3-5-16(15)19(23)25/h2-10,14,21-22H,11H2,1H3/t14-/m1/s1. The Morgan fingerprint density at radius 3 is 2.21 bits per heavy atom. The zero-order valence-corrected chi connectivity index (χ0v) is 15.0. The second kappa shape index (κ2) is 7.07. The molecule has 0 aliphatic carbocycles. The molecule has 2 aromatic carbocycles. The minimum atomic E-state index is -0.713. The van der Waals surface area contributed by atoms with E-state index in [2.05, 4.69) is 10.9 Å². The number of esters is 1. The van der Waals surface area contributed by atoms with Crippen molar-refractivity contribution in [2.24, 2.45) is 0 Å². The minimum Gasteiger partial charge on any atom is -0.497 e. The summed E-state index contributed by atoms with van der Waals surface area (Å²) < 4.78 is 10.3. The smallest absolute Gasteiger partial charge is 0.356 e. The highest BCUT2D eigenvalue weighted by Crippen LogP contribution is 2.24. The van der Waals surface area contributed by atoms with Gasteiger partial charge in [-0.15, -0.1) is 0 Å². The van der Waals surface area contributed by atoms with Gasteiger partial charge < -0.3 is 14.9 Å². The van der Waals surface area contributed by atoms with E-state index in [4.69, 9.17) is 9.47 Å². The second-order valence-corrected chi connectivity index (χ2v) is 6.27. The predicted molar refractivity (Wildman–Crippen MR) is 99.5 cm³/mol. The van der Waals surface area contributed by atoms with Crippen molar-refractivity contribution in [2.45, 2.75) is 6.10 Å². The molecule has 0 aromatic heterocycles. The van der Waals surface area contributed by atoms with Crippen LogP contribution in [0.5, 0.6) is 5.75 Å². The molecule has 2 N–H and O–H groups in total. The summed E-state index contributed by atoms with van der Waals surface area (Å²) >= 11 is 0. The number of fused-ring (bicyclic) bond motifs is 1. The summed E-state index contributed by atoms with van der Waals surface area (Å²) in [6.07, 6.45) is 0.831. The van der Waals surface area contributed by atoms with Gasteiger partial charge in [-0.2, -0.15) is 0 Å². The first-order chi connectivity index (χ1) is 13.6. The average Bonchev–Trinajstić information content (AvgIpc) is 3.19. The Balaban J connectivity index is 1.40. The molecule has 8 nitrogen and oxygen atoms in total. The molecule has 1 atom stereocenters. The summed E-state index contributed by atoms with van der Waals surface area (Å²) in [5.74, 6) is -0.626. The van der Waals surface area contributed by atoms with E-state index >= 15 is 0 Å². The van der Waals surface area contributed by atoms with Crippen molar-refractivity contribution in [2.75, 3.05) is 19.1 Å². The van der Waals surface area contributed by atoms with Crippen molar-refractivity contribution < 1.29 is 23.9 Å². The maximum atomic E-state index is 12.4. The normalized spacial score (nSPS) is 17.9. The van der Waals surface area contributed by atoms with E-state index in [9.17, 15) is 14.4 Å². The molecule has 2 amide bonds. The molecule has 0 fully saturated rings. The number of cyclic esters (lactones) is 1. The van der Waals surface area contributed by atoms with Crippen molar-refractivity contribution in [3.8, 4) is 5.75 Å². The molecule has 2 aliphatic heterocycles. The molecule has 0 spiro atoms. The number of nitrogens with one attached hydrogen (secondary N) is 2. The summed E-state index contributed by atoms with van der Waals surface area (Å²) in [6.45, 7) is -0.0359. The zero-order valence-electron chi connectivity index (χ0n) is 15.0. The van der Waals surface area contributed by atoms with E-state index in [1.54, 1.807) is 61.7 Å². The third kappa shape index (κ3) is 3.16. The number of ether oxygens (including phenoxy) is 2. The lowest BCUT2D eigenvalue weighted by Crippen LogP contribution is -2.36. The van der Waals surface area contributed by atoms with Crippen molar-refractivity contribution in [1.29, 1.82) is 0 Å². The number of methoxy groups -OCH3 is 1. The van der Waals surface area contributed by atoms with Crippen LogP contribution >= 0.6 is 0 Å². The second-order valence-electron chi connectivity index (χ2n) is 6.27. The van der Waals surface area contributed by atoms with E-state index < -0.39 is 12.1 Å². The van der Waals surface area contributed by atoms with Crippen LogP contribution in [0.2, 0.25) is 0 Å². The molecule has 0 bridgehead atoms. The number of hydrogen-bond acceptors (Lipinski definition) is 7. The lowest BCUT2D eigenvalue weighted by Gasteiger charge is -2.16. The Kier molecular flexibility index (Phi) is 4.44. The predicted octanol–water partition coefficient (Wildman–Crippen LogP) is 1.72. The molecule has 2 aliphatic rings. The van der Waals surface area contributed by atoms with Crippen LogP contribution in [0, 0.1) is 0 Å². The molecule has 28 heavy (non-hydrogen) atoms. The number of anilines is 1. The number of benzene rings is 2. The molecule has 0 radical (unpaired) electrons. The van der Waals surface area contributed by atoms with Gasteiger partial charge in [0.15, 0.2) is 0 Å². The fourth-order valence-corrected chi connectivity index (χ4v) is 3.07. The molecule has 0 saturated carbocycles. The molecular weight excluding hydrogens is 362 g/mol. The third-order valence-corrected chi connectivity index (χ3v) is 4.50. The van der Waals surface area contributed by atoms with Gasteiger partial charge in [-0.1, -0.05) is 12.1 Å². The van der Waals surface area contributed by atoms with Crippen LogP contribution in [-0.2, 0) is 9.53 Å². The van der Waals surface area contributed by atoms with Crippen LogP contribution in [0.15, 0.2) is 60.3 Å². The van der Waals surface area contributed by atoms with Crippen molar-refractivity contribution in [3.63, 3.8) is 0 Å². The maximum absolute atomic E-state index is 12.4. The topological polar surface area (TPSA) is 97.0 Å². The van der Waals surface area contributed by atoms with E-state index in [0.29, 0.717) is 16.9 Å². The molecule has 0 unspecified atom stereocenters. The van der Waals surface area contributed by atoms with Crippen LogP contribution < -0.4 is 15.6 Å². The lowest BCUT2D eigenvalue weighted by atomic mass is 10.1. The van der Waals surface area contributed by atoms with Crippen LogP contribution in [0.1, 0.15) is 20.7 Å². The molecule has 0 saturated heterocycles. The largest absolute Gasteiger partial charge is 0.497 e. The van der Waals surface area contributed by atoms with E-state index in [1.807, 2.05) is 0 Å². The SMILES string of the molecule is COc1ccc(NNC2=C[C@H](CN3C(=O)c4ccccc4C3=O)OC2=O)cc1. The van der Waals surface area contributed by atoms with Crippen LogP contribution in [-0.4, -0.2) is 42.4 Å². The zero-order chi connectivity index (χ0) is 19.7. The summed E-state index contributed by atoms with van der Waals surface area (Å²) in [4.78, 5) is 38.0. The van der Waals surface area contributed by atoms with E-state index in [1.165, 1.54) is 0 Å². The van der Waals surface area contributed by atoms with Crippen LogP contribution in [0.3, 0.4) is 0 Å². The molecule has 4 rings (SSSR count). The Labute approximate surface area is 160 Å². The van der Waals surface area contributed by atoms with Gasteiger partial charge in [0.25, 0.3) is 11.8 Å². The van der Waals surface area contributed by atoms with Crippen molar-refractivity contribution in [3.05, 3.63) is 71.4 Å². The van der Waals surface area contributed by atoms with Gasteiger partial charge in [-0.25, -0.2) is 4.79 Å². The van der Waals surface area contributed by atoms with Gasteiger partial charge in [0, 0.05) is 0 Å². The van der Waals surface area contributed by atoms with Gasteiger partial charge in [0.2, 0.25) is 0 Å². The first-order valence-corrected chi connectivity index (χ1v) is 8.61. The number of hydrogen-bond donors (Lipinski definition) is 2. The Hall–Kier alpha value is -3.81. The lowest BCUT2D eigenvalue weighted by molar-refractivity contribution is -0.140.